The van der Waals surface area contributed by atoms with Gasteiger partial charge in [-0.3, -0.25) is 14.7 Å². The van der Waals surface area contributed by atoms with Crippen molar-refractivity contribution in [2.75, 3.05) is 0 Å². The Kier molecular flexibility index (Phi) is 7.28. The van der Waals surface area contributed by atoms with Gasteiger partial charge in [0, 0.05) is 16.8 Å². The van der Waals surface area contributed by atoms with Crippen LogP contribution in [0.5, 0.6) is 5.75 Å². The predicted molar refractivity (Wildman–Crippen MR) is 148 cm³/mol. The van der Waals surface area contributed by atoms with Crippen LogP contribution in [0, 0.1) is 0 Å². The van der Waals surface area contributed by atoms with Crippen LogP contribution in [0.3, 0.4) is 0 Å². The molecule has 0 bridgehead atoms. The summed E-state index contributed by atoms with van der Waals surface area (Å²) in [5, 5.41) is 4.34. The molecule has 0 atom stereocenters. The topological polar surface area (TPSA) is 69.0 Å². The summed E-state index contributed by atoms with van der Waals surface area (Å²) in [5.41, 5.74) is 3.67. The second-order valence-electron chi connectivity index (χ2n) is 9.05. The molecule has 5 rings (SSSR count). The third-order valence-electron chi connectivity index (χ3n) is 6.43. The van der Waals surface area contributed by atoms with Crippen molar-refractivity contribution >= 4 is 22.5 Å². The Bertz CT molecular complexity index is 1620. The van der Waals surface area contributed by atoms with E-state index in [4.69, 9.17) is 16.3 Å². The molecule has 0 radical (unpaired) electrons. The molecule has 0 aliphatic rings. The average Bonchev–Trinajstić information content (AvgIpc) is 3.25. The summed E-state index contributed by atoms with van der Waals surface area (Å²) >= 11 is 6.04. The van der Waals surface area contributed by atoms with E-state index in [0.717, 1.165) is 29.7 Å². The zero-order chi connectivity index (χ0) is 25.8. The van der Waals surface area contributed by atoms with Gasteiger partial charge < -0.3 is 9.30 Å². The lowest BCUT2D eigenvalue weighted by Gasteiger charge is -2.13. The summed E-state index contributed by atoms with van der Waals surface area (Å²) in [6, 6.07) is 26.2. The largest absolute Gasteiger partial charge is 0.489 e. The number of hydrogen-bond donors (Lipinski definition) is 1. The average molecular weight is 514 g/mol. The molecular formula is C30H28ClN3O3. The number of aromatic nitrogens is 3. The van der Waals surface area contributed by atoms with Crippen molar-refractivity contribution in [2.24, 2.45) is 0 Å². The fraction of sp³-hybridized carbons (Fsp3) is 0.200. The Morgan fingerprint density at radius 3 is 2.32 bits per heavy atom. The smallest absolute Gasteiger partial charge is 0.280 e. The van der Waals surface area contributed by atoms with E-state index < -0.39 is 0 Å². The van der Waals surface area contributed by atoms with Crippen LogP contribution in [0.4, 0.5) is 0 Å². The Morgan fingerprint density at radius 2 is 1.62 bits per heavy atom. The molecule has 3 aromatic carbocycles. The van der Waals surface area contributed by atoms with Crippen molar-refractivity contribution < 1.29 is 4.74 Å². The van der Waals surface area contributed by atoms with Gasteiger partial charge in [-0.2, -0.15) is 0 Å². The number of aryl methyl sites for hydroxylation is 1. The molecule has 2 heterocycles. The third-order valence-corrected chi connectivity index (χ3v) is 6.68. The number of unbranched alkanes of at least 4 members (excludes halogenated alkanes) is 1. The first-order valence-corrected chi connectivity index (χ1v) is 12.8. The van der Waals surface area contributed by atoms with E-state index >= 15 is 0 Å². The summed E-state index contributed by atoms with van der Waals surface area (Å²) in [7, 11) is 0. The molecule has 0 aliphatic carbocycles. The van der Waals surface area contributed by atoms with Gasteiger partial charge in [-0.05, 0) is 60.4 Å². The van der Waals surface area contributed by atoms with E-state index in [0.29, 0.717) is 46.9 Å². The van der Waals surface area contributed by atoms with Crippen molar-refractivity contribution in [3.63, 3.8) is 0 Å². The highest BCUT2D eigenvalue weighted by atomic mass is 35.5. The van der Waals surface area contributed by atoms with Gasteiger partial charge in [0.1, 0.15) is 12.4 Å². The van der Waals surface area contributed by atoms with Crippen molar-refractivity contribution in [1.82, 2.24) is 14.3 Å². The van der Waals surface area contributed by atoms with Gasteiger partial charge in [0.25, 0.3) is 11.1 Å². The van der Waals surface area contributed by atoms with Gasteiger partial charge in [0.05, 0.1) is 23.1 Å². The number of nitrogens with one attached hydrogen (secondary N) is 1. The van der Waals surface area contributed by atoms with Crippen molar-refractivity contribution in [3.8, 4) is 11.4 Å². The lowest BCUT2D eigenvalue weighted by Crippen LogP contribution is -2.25. The zero-order valence-electron chi connectivity index (χ0n) is 20.6. The number of ether oxygens (including phenoxy) is 1. The molecule has 188 valence electrons. The second kappa shape index (κ2) is 10.9. The Labute approximate surface area is 219 Å². The van der Waals surface area contributed by atoms with Crippen LogP contribution in [-0.4, -0.2) is 14.3 Å². The summed E-state index contributed by atoms with van der Waals surface area (Å²) < 4.78 is 9.08. The number of H-pyrrole nitrogens is 1. The fourth-order valence-electron chi connectivity index (χ4n) is 4.47. The molecule has 0 unspecified atom stereocenters. The van der Waals surface area contributed by atoms with Crippen molar-refractivity contribution in [2.45, 2.75) is 39.3 Å². The van der Waals surface area contributed by atoms with Crippen LogP contribution in [0.1, 0.15) is 36.6 Å². The molecular weight excluding hydrogens is 486 g/mol. The summed E-state index contributed by atoms with van der Waals surface area (Å²) in [6.07, 6.45) is 2.46. The summed E-state index contributed by atoms with van der Waals surface area (Å²) in [5.74, 6) is 0.711. The predicted octanol–water partition coefficient (Wildman–Crippen LogP) is 6.10. The van der Waals surface area contributed by atoms with E-state index in [9.17, 15) is 9.59 Å². The van der Waals surface area contributed by atoms with Gasteiger partial charge in [-0.1, -0.05) is 67.4 Å². The zero-order valence-corrected chi connectivity index (χ0v) is 21.4. The second-order valence-corrected chi connectivity index (χ2v) is 9.49. The maximum Gasteiger partial charge on any atom is 0.280 e. The Balaban J connectivity index is 1.50. The summed E-state index contributed by atoms with van der Waals surface area (Å²) in [6.45, 7) is 2.94. The Morgan fingerprint density at radius 1 is 0.892 bits per heavy atom. The van der Waals surface area contributed by atoms with Crippen LogP contribution in [0.15, 0.2) is 94.5 Å². The number of fused-ring (bicyclic) bond motifs is 1. The molecule has 2 aromatic heterocycles. The maximum absolute atomic E-state index is 13.6. The highest BCUT2D eigenvalue weighted by molar-refractivity contribution is 6.30. The van der Waals surface area contributed by atoms with E-state index in [1.165, 1.54) is 10.7 Å². The van der Waals surface area contributed by atoms with E-state index in [1.807, 2.05) is 78.9 Å². The van der Waals surface area contributed by atoms with Crippen molar-refractivity contribution in [1.29, 1.82) is 0 Å². The minimum Gasteiger partial charge on any atom is -0.489 e. The van der Waals surface area contributed by atoms with Gasteiger partial charge >= 0.3 is 0 Å². The van der Waals surface area contributed by atoms with Gasteiger partial charge in [-0.25, -0.2) is 4.68 Å². The number of nitrogens with zero attached hydrogens (tertiary/aromatic N) is 2. The molecule has 1 N–H and O–H groups in total. The number of pyridine rings is 1. The molecule has 0 saturated carbocycles. The molecule has 0 fully saturated rings. The molecule has 7 heteroatoms. The van der Waals surface area contributed by atoms with Crippen LogP contribution in [0.25, 0.3) is 16.6 Å². The van der Waals surface area contributed by atoms with E-state index in [-0.39, 0.29) is 11.1 Å². The number of halogens is 1. The first kappa shape index (κ1) is 24.7. The van der Waals surface area contributed by atoms with E-state index in [2.05, 4.69) is 12.0 Å². The maximum atomic E-state index is 13.6. The molecule has 6 nitrogen and oxygen atoms in total. The molecule has 0 saturated heterocycles. The van der Waals surface area contributed by atoms with Crippen LogP contribution >= 0.6 is 11.6 Å². The molecule has 37 heavy (non-hydrogen) atoms. The minimum absolute atomic E-state index is 0.147. The van der Waals surface area contributed by atoms with Crippen molar-refractivity contribution in [3.05, 3.63) is 127 Å². The lowest BCUT2D eigenvalue weighted by molar-refractivity contribution is 0.306. The lowest BCUT2D eigenvalue weighted by atomic mass is 10.1. The molecule has 5 aromatic rings. The fourth-order valence-corrected chi connectivity index (χ4v) is 4.60. The standard InChI is InChI=1S/C30H28ClN3O3/c1-2-3-9-27-29-26(18-28(35)33(27)19-21-10-12-23(31)13-11-21)32-34(30(29)36)24-14-16-25(17-15-24)37-20-22-7-5-4-6-8-22/h4-8,10-18,32H,2-3,9,19-20H2,1H3. The number of benzene rings is 3. The number of aromatic amines is 1. The van der Waals surface area contributed by atoms with Gasteiger partial charge in [-0.15, -0.1) is 0 Å². The van der Waals surface area contributed by atoms with E-state index in [1.54, 1.807) is 4.57 Å². The van der Waals surface area contributed by atoms with Crippen LogP contribution in [0.2, 0.25) is 5.02 Å². The number of rotatable bonds is 9. The molecule has 0 aliphatic heterocycles. The number of hydrogen-bond acceptors (Lipinski definition) is 3. The highest BCUT2D eigenvalue weighted by Gasteiger charge is 2.18. The normalized spacial score (nSPS) is 11.2. The first-order valence-electron chi connectivity index (χ1n) is 12.4. The molecule has 0 amide bonds. The SMILES string of the molecule is CCCCc1c2c(=O)n(-c3ccc(OCc4ccccc4)cc3)[nH]c2cc(=O)n1Cc1ccc(Cl)cc1. The first-order chi connectivity index (χ1) is 18.0. The van der Waals surface area contributed by atoms with Gasteiger partial charge in [0.2, 0.25) is 0 Å². The van der Waals surface area contributed by atoms with Crippen LogP contribution in [-0.2, 0) is 19.6 Å². The Hall–Kier alpha value is -4.03. The summed E-state index contributed by atoms with van der Waals surface area (Å²) in [4.78, 5) is 26.8. The monoisotopic (exact) mass is 513 g/mol. The highest BCUT2D eigenvalue weighted by Crippen LogP contribution is 2.20. The van der Waals surface area contributed by atoms with Gasteiger partial charge in [0.15, 0.2) is 0 Å². The quantitative estimate of drug-likeness (QED) is 0.259. The molecule has 0 spiro atoms. The third kappa shape index (κ3) is 5.39. The minimum atomic E-state index is -0.177. The van der Waals surface area contributed by atoms with Crippen LogP contribution < -0.4 is 15.9 Å².